The second-order valence-electron chi connectivity index (χ2n) is 6.42. The third kappa shape index (κ3) is 3.75. The quantitative estimate of drug-likeness (QED) is 0.490. The molecule has 0 saturated heterocycles. The lowest BCUT2D eigenvalue weighted by Gasteiger charge is -2.22. The molecule has 0 saturated carbocycles. The molecule has 0 bridgehead atoms. The van der Waals surface area contributed by atoms with Crippen molar-refractivity contribution in [2.45, 2.75) is 19.6 Å². The Morgan fingerprint density at radius 3 is 2.74 bits per heavy atom. The molecule has 3 aromatic heterocycles. The third-order valence-electron chi connectivity index (χ3n) is 4.66. The van der Waals surface area contributed by atoms with Gasteiger partial charge in [0.05, 0.1) is 17.6 Å². The minimum Gasteiger partial charge on any atom is -0.313 e. The zero-order valence-corrected chi connectivity index (χ0v) is 16.7. The van der Waals surface area contributed by atoms with Gasteiger partial charge in [-0.25, -0.2) is 14.3 Å². The molecular formula is C18H20N7S2+. The lowest BCUT2D eigenvalue weighted by Crippen LogP contribution is -3.08. The second kappa shape index (κ2) is 7.55. The molecule has 0 fully saturated rings. The highest BCUT2D eigenvalue weighted by molar-refractivity contribution is 7.71. The highest BCUT2D eigenvalue weighted by Crippen LogP contribution is 2.20. The molecule has 9 heteroatoms. The van der Waals surface area contributed by atoms with Gasteiger partial charge >= 0.3 is 0 Å². The number of aromatic nitrogens is 6. The van der Waals surface area contributed by atoms with Gasteiger partial charge in [0, 0.05) is 5.56 Å². The minimum atomic E-state index is 0.296. The van der Waals surface area contributed by atoms with Crippen molar-refractivity contribution in [1.82, 2.24) is 29.5 Å². The van der Waals surface area contributed by atoms with Crippen LogP contribution in [-0.2, 0) is 6.67 Å². The Morgan fingerprint density at radius 1 is 1.26 bits per heavy atom. The number of benzene rings is 1. The number of aromatic amines is 1. The molecular weight excluding hydrogens is 378 g/mol. The van der Waals surface area contributed by atoms with Crippen LogP contribution in [0.15, 0.2) is 54.4 Å². The Balaban J connectivity index is 1.48. The molecule has 4 aromatic rings. The van der Waals surface area contributed by atoms with E-state index in [0.717, 1.165) is 16.4 Å². The van der Waals surface area contributed by atoms with E-state index in [1.54, 1.807) is 22.3 Å². The zero-order valence-electron chi connectivity index (χ0n) is 15.0. The lowest BCUT2D eigenvalue weighted by atomic mass is 10.1. The average molecular weight is 399 g/mol. The van der Waals surface area contributed by atoms with Crippen LogP contribution in [0, 0.1) is 4.77 Å². The molecule has 0 spiro atoms. The van der Waals surface area contributed by atoms with Crippen LogP contribution in [0.5, 0.6) is 0 Å². The Hall–Kier alpha value is -2.62. The van der Waals surface area contributed by atoms with Crippen LogP contribution in [-0.4, -0.2) is 36.6 Å². The summed E-state index contributed by atoms with van der Waals surface area (Å²) in [5.41, 5.74) is 2.25. The second-order valence-corrected chi connectivity index (χ2v) is 7.73. The Morgan fingerprint density at radius 2 is 2.07 bits per heavy atom. The number of quaternary nitrogens is 1. The number of rotatable bonds is 6. The summed E-state index contributed by atoms with van der Waals surface area (Å²) >= 11 is 7.08. The highest BCUT2D eigenvalue weighted by atomic mass is 32.1. The van der Waals surface area contributed by atoms with Gasteiger partial charge in [-0.1, -0.05) is 18.2 Å². The van der Waals surface area contributed by atoms with Gasteiger partial charge in [0.2, 0.25) is 4.77 Å². The van der Waals surface area contributed by atoms with Crippen LogP contribution in [0.4, 0.5) is 0 Å². The first kappa shape index (κ1) is 17.8. The molecule has 0 aliphatic heterocycles. The fraction of sp³-hybridized carbons (Fsp3) is 0.222. The van der Waals surface area contributed by atoms with Crippen LogP contribution >= 0.6 is 23.6 Å². The van der Waals surface area contributed by atoms with Crippen molar-refractivity contribution in [3.63, 3.8) is 0 Å². The summed E-state index contributed by atoms with van der Waals surface area (Å²) in [5.74, 6) is 0.827. The summed E-state index contributed by atoms with van der Waals surface area (Å²) in [6.45, 7) is 2.92. The van der Waals surface area contributed by atoms with Gasteiger partial charge in [-0.15, -0.1) is 11.3 Å². The van der Waals surface area contributed by atoms with Crippen LogP contribution in [0.1, 0.15) is 18.5 Å². The van der Waals surface area contributed by atoms with Crippen molar-refractivity contribution in [2.24, 2.45) is 0 Å². The minimum absolute atomic E-state index is 0.296. The molecule has 2 N–H and O–H groups in total. The van der Waals surface area contributed by atoms with E-state index in [1.165, 1.54) is 16.8 Å². The van der Waals surface area contributed by atoms with Crippen LogP contribution in [0.2, 0.25) is 0 Å². The molecule has 27 heavy (non-hydrogen) atoms. The van der Waals surface area contributed by atoms with Crippen LogP contribution in [0.3, 0.4) is 0 Å². The zero-order chi connectivity index (χ0) is 18.8. The number of hydrogen-bond donors (Lipinski definition) is 2. The van der Waals surface area contributed by atoms with E-state index < -0.39 is 0 Å². The fourth-order valence-corrected chi connectivity index (χ4v) is 3.78. The largest absolute Gasteiger partial charge is 0.313 e. The maximum absolute atomic E-state index is 5.43. The molecule has 3 heterocycles. The first-order valence-corrected chi connectivity index (χ1v) is 9.88. The molecule has 4 rings (SSSR count). The first-order chi connectivity index (χ1) is 13.1. The van der Waals surface area contributed by atoms with Crippen molar-refractivity contribution < 1.29 is 4.90 Å². The van der Waals surface area contributed by atoms with Gasteiger partial charge in [0.1, 0.15) is 18.7 Å². The number of thiophene rings is 1. The summed E-state index contributed by atoms with van der Waals surface area (Å²) in [4.78, 5) is 10.9. The van der Waals surface area contributed by atoms with Crippen molar-refractivity contribution >= 4 is 23.6 Å². The summed E-state index contributed by atoms with van der Waals surface area (Å²) in [7, 11) is 2.16. The van der Waals surface area contributed by atoms with E-state index in [-0.39, 0.29) is 0 Å². The van der Waals surface area contributed by atoms with Gasteiger partial charge in [-0.3, -0.25) is 5.10 Å². The molecule has 1 aromatic carbocycles. The van der Waals surface area contributed by atoms with Crippen molar-refractivity contribution in [3.05, 3.63) is 64.8 Å². The average Bonchev–Trinajstić information content (AvgIpc) is 3.44. The van der Waals surface area contributed by atoms with E-state index in [0.29, 0.717) is 17.5 Å². The Labute approximate surface area is 165 Å². The van der Waals surface area contributed by atoms with Gasteiger partial charge in [-0.2, -0.15) is 10.1 Å². The topological polar surface area (TPSA) is 68.8 Å². The molecule has 0 radical (unpaired) electrons. The van der Waals surface area contributed by atoms with Crippen molar-refractivity contribution in [2.75, 3.05) is 7.05 Å². The number of H-pyrrole nitrogens is 1. The summed E-state index contributed by atoms with van der Waals surface area (Å²) < 4.78 is 4.26. The molecule has 0 amide bonds. The number of nitrogens with one attached hydrogen (secondary N) is 2. The van der Waals surface area contributed by atoms with Crippen molar-refractivity contribution in [3.8, 4) is 16.4 Å². The summed E-state index contributed by atoms with van der Waals surface area (Å²) in [5, 5.41) is 9.52. The van der Waals surface area contributed by atoms with Gasteiger partial charge in [-0.05, 0) is 42.7 Å². The first-order valence-electron chi connectivity index (χ1n) is 8.60. The Bertz CT molecular complexity index is 1050. The van der Waals surface area contributed by atoms with E-state index in [9.17, 15) is 0 Å². The maximum atomic E-state index is 5.43. The van der Waals surface area contributed by atoms with Crippen molar-refractivity contribution in [1.29, 1.82) is 0 Å². The maximum Gasteiger partial charge on any atom is 0.221 e. The standard InChI is InChI=1S/C18H19N7S2/c1-13(14-5-7-15(8-6-14)24-11-19-10-20-24)23(2)12-25-18(26)21-17(22-25)16-4-3-9-27-16/h3-11,13H,12H2,1-2H3,(H,21,22,26)/p+1/t13-/m0/s1. The van der Waals surface area contributed by atoms with Gasteiger partial charge in [0.15, 0.2) is 12.5 Å². The SMILES string of the molecule is C[C@@H](c1ccc(-n2cncn2)cc1)[NH+](C)Cn1[nH]c(-c2cccs2)nc1=S. The van der Waals surface area contributed by atoms with Crippen LogP contribution in [0.25, 0.3) is 16.4 Å². The van der Waals surface area contributed by atoms with E-state index in [2.05, 4.69) is 58.4 Å². The molecule has 7 nitrogen and oxygen atoms in total. The van der Waals surface area contributed by atoms with Crippen LogP contribution < -0.4 is 4.90 Å². The molecule has 0 aliphatic rings. The van der Waals surface area contributed by atoms with Gasteiger partial charge in [0.25, 0.3) is 0 Å². The monoisotopic (exact) mass is 398 g/mol. The van der Waals surface area contributed by atoms with E-state index in [1.807, 2.05) is 22.2 Å². The predicted octanol–water partition coefficient (Wildman–Crippen LogP) is 2.48. The summed E-state index contributed by atoms with van der Waals surface area (Å²) in [6.07, 6.45) is 3.23. The fourth-order valence-electron chi connectivity index (χ4n) is 2.92. The molecule has 1 unspecified atom stereocenters. The molecule has 0 aliphatic carbocycles. The molecule has 2 atom stereocenters. The lowest BCUT2D eigenvalue weighted by molar-refractivity contribution is -0.933. The van der Waals surface area contributed by atoms with E-state index >= 15 is 0 Å². The van der Waals surface area contributed by atoms with E-state index in [4.69, 9.17) is 12.2 Å². The normalized spacial score (nSPS) is 13.6. The van der Waals surface area contributed by atoms with Gasteiger partial charge < -0.3 is 4.90 Å². The smallest absolute Gasteiger partial charge is 0.221 e. The predicted molar refractivity (Wildman–Crippen MR) is 107 cm³/mol. The molecule has 138 valence electrons. The number of nitrogens with zero attached hydrogens (tertiary/aromatic N) is 5. The summed E-state index contributed by atoms with van der Waals surface area (Å²) in [6, 6.07) is 12.7. The third-order valence-corrected chi connectivity index (χ3v) is 5.85. The highest BCUT2D eigenvalue weighted by Gasteiger charge is 2.17. The number of hydrogen-bond acceptors (Lipinski definition) is 5. The Kier molecular flexibility index (Phi) is 4.97.